The Morgan fingerprint density at radius 2 is 1.84 bits per heavy atom. The fourth-order valence-corrected chi connectivity index (χ4v) is 2.17. The van der Waals surface area contributed by atoms with E-state index in [4.69, 9.17) is 14.2 Å². The number of hydrogen-bond acceptors (Lipinski definition) is 6. The first-order valence-corrected chi connectivity index (χ1v) is 7.34. The summed E-state index contributed by atoms with van der Waals surface area (Å²) in [6.07, 6.45) is 0. The van der Waals surface area contributed by atoms with E-state index in [0.29, 0.717) is 28.5 Å². The van der Waals surface area contributed by atoms with E-state index in [1.807, 2.05) is 0 Å². The molecule has 0 unspecified atom stereocenters. The van der Waals surface area contributed by atoms with Crippen molar-refractivity contribution in [2.45, 2.75) is 6.92 Å². The SMILES string of the molecule is COc1ccc(OC)c(NC(=O)COc2ccc([N+](=O)[O-])c(C)c2)c1. The summed E-state index contributed by atoms with van der Waals surface area (Å²) in [4.78, 5) is 22.4. The lowest BCUT2D eigenvalue weighted by molar-refractivity contribution is -0.385. The molecule has 0 bridgehead atoms. The molecule has 0 heterocycles. The number of nitro groups is 1. The fraction of sp³-hybridized carbons (Fsp3) is 0.235. The molecule has 132 valence electrons. The van der Waals surface area contributed by atoms with Gasteiger partial charge in [-0.05, 0) is 31.2 Å². The molecule has 1 amide bonds. The predicted octanol–water partition coefficient (Wildman–Crippen LogP) is 2.94. The van der Waals surface area contributed by atoms with Crippen LogP contribution in [0.3, 0.4) is 0 Å². The van der Waals surface area contributed by atoms with Crippen molar-refractivity contribution in [3.63, 3.8) is 0 Å². The lowest BCUT2D eigenvalue weighted by atomic mass is 10.2. The highest BCUT2D eigenvalue weighted by Gasteiger charge is 2.13. The number of nitrogens with zero attached hydrogens (tertiary/aromatic N) is 1. The van der Waals surface area contributed by atoms with Crippen LogP contribution < -0.4 is 19.5 Å². The number of anilines is 1. The summed E-state index contributed by atoms with van der Waals surface area (Å²) in [5.41, 5.74) is 0.908. The van der Waals surface area contributed by atoms with E-state index in [1.54, 1.807) is 25.1 Å². The van der Waals surface area contributed by atoms with Crippen molar-refractivity contribution in [1.82, 2.24) is 0 Å². The topological polar surface area (TPSA) is 99.9 Å². The van der Waals surface area contributed by atoms with Gasteiger partial charge >= 0.3 is 0 Å². The van der Waals surface area contributed by atoms with E-state index in [2.05, 4.69) is 5.32 Å². The van der Waals surface area contributed by atoms with Gasteiger partial charge in [0.15, 0.2) is 6.61 Å². The second-order valence-corrected chi connectivity index (χ2v) is 5.11. The molecular formula is C17H18N2O6. The van der Waals surface area contributed by atoms with E-state index in [-0.39, 0.29) is 12.3 Å². The predicted molar refractivity (Wildman–Crippen MR) is 91.5 cm³/mol. The Morgan fingerprint density at radius 1 is 1.12 bits per heavy atom. The molecule has 0 spiro atoms. The average molecular weight is 346 g/mol. The summed E-state index contributed by atoms with van der Waals surface area (Å²) in [5, 5.41) is 13.5. The van der Waals surface area contributed by atoms with Crippen LogP contribution in [0.15, 0.2) is 36.4 Å². The first-order chi connectivity index (χ1) is 11.9. The molecule has 8 nitrogen and oxygen atoms in total. The Balaban J connectivity index is 2.01. The molecule has 0 aliphatic rings. The van der Waals surface area contributed by atoms with Crippen molar-refractivity contribution in [1.29, 1.82) is 0 Å². The fourth-order valence-electron chi connectivity index (χ4n) is 2.17. The molecule has 0 fully saturated rings. The zero-order valence-corrected chi connectivity index (χ0v) is 14.1. The van der Waals surface area contributed by atoms with Crippen LogP contribution in [-0.2, 0) is 4.79 Å². The lowest BCUT2D eigenvalue weighted by Crippen LogP contribution is -2.20. The third-order valence-corrected chi connectivity index (χ3v) is 3.42. The molecule has 2 aromatic rings. The van der Waals surface area contributed by atoms with Crippen LogP contribution in [0.25, 0.3) is 0 Å². The normalized spacial score (nSPS) is 10.0. The van der Waals surface area contributed by atoms with E-state index < -0.39 is 10.8 Å². The van der Waals surface area contributed by atoms with E-state index >= 15 is 0 Å². The Morgan fingerprint density at radius 3 is 2.44 bits per heavy atom. The second kappa shape index (κ2) is 8.00. The van der Waals surface area contributed by atoms with Gasteiger partial charge in [-0.2, -0.15) is 0 Å². The molecule has 0 saturated carbocycles. The Hall–Kier alpha value is -3.29. The van der Waals surface area contributed by atoms with E-state index in [9.17, 15) is 14.9 Å². The van der Waals surface area contributed by atoms with Crippen LogP contribution in [-0.4, -0.2) is 31.7 Å². The summed E-state index contributed by atoms with van der Waals surface area (Å²) < 4.78 is 15.7. The largest absolute Gasteiger partial charge is 0.497 e. The van der Waals surface area contributed by atoms with E-state index in [1.165, 1.54) is 32.4 Å². The summed E-state index contributed by atoms with van der Waals surface area (Å²) >= 11 is 0. The minimum absolute atomic E-state index is 0.00193. The molecule has 1 N–H and O–H groups in total. The first kappa shape index (κ1) is 18.1. The van der Waals surface area contributed by atoms with Crippen LogP contribution in [0.1, 0.15) is 5.56 Å². The van der Waals surface area contributed by atoms with Gasteiger partial charge in [0.05, 0.1) is 24.8 Å². The van der Waals surface area contributed by atoms with Gasteiger partial charge in [0.2, 0.25) is 0 Å². The molecule has 0 radical (unpaired) electrons. The molecule has 0 atom stereocenters. The molecule has 0 aromatic heterocycles. The molecule has 8 heteroatoms. The van der Waals surface area contributed by atoms with Gasteiger partial charge < -0.3 is 19.5 Å². The monoisotopic (exact) mass is 346 g/mol. The van der Waals surface area contributed by atoms with Crippen LogP contribution in [0.2, 0.25) is 0 Å². The van der Waals surface area contributed by atoms with Crippen molar-refractivity contribution in [3.8, 4) is 17.2 Å². The maximum absolute atomic E-state index is 12.1. The summed E-state index contributed by atoms with van der Waals surface area (Å²) in [5.74, 6) is 1.03. The number of nitrogens with one attached hydrogen (secondary N) is 1. The lowest BCUT2D eigenvalue weighted by Gasteiger charge is -2.12. The Labute approximate surface area is 144 Å². The van der Waals surface area contributed by atoms with Gasteiger partial charge in [0, 0.05) is 17.7 Å². The highest BCUT2D eigenvalue weighted by Crippen LogP contribution is 2.29. The number of carbonyl (C=O) groups is 1. The third-order valence-electron chi connectivity index (χ3n) is 3.42. The Kier molecular flexibility index (Phi) is 5.78. The first-order valence-electron chi connectivity index (χ1n) is 7.34. The molecule has 25 heavy (non-hydrogen) atoms. The standard InChI is InChI=1S/C17H18N2O6/c1-11-8-13(4-6-15(11)19(21)22)25-10-17(20)18-14-9-12(23-2)5-7-16(14)24-3/h4-9H,10H2,1-3H3,(H,18,20). The van der Waals surface area contributed by atoms with E-state index in [0.717, 1.165) is 0 Å². The number of amides is 1. The average Bonchev–Trinajstić information content (AvgIpc) is 2.59. The number of ether oxygens (including phenoxy) is 3. The number of methoxy groups -OCH3 is 2. The zero-order valence-electron chi connectivity index (χ0n) is 14.1. The van der Waals surface area contributed by atoms with Gasteiger partial charge in [0.25, 0.3) is 11.6 Å². The maximum atomic E-state index is 12.1. The van der Waals surface area contributed by atoms with Gasteiger partial charge in [-0.1, -0.05) is 0 Å². The van der Waals surface area contributed by atoms with Crippen LogP contribution in [0, 0.1) is 17.0 Å². The van der Waals surface area contributed by atoms with Gasteiger partial charge in [0.1, 0.15) is 17.2 Å². The molecule has 0 saturated heterocycles. The summed E-state index contributed by atoms with van der Waals surface area (Å²) in [7, 11) is 3.01. The Bertz CT molecular complexity index is 791. The van der Waals surface area contributed by atoms with Gasteiger partial charge in [-0.25, -0.2) is 0 Å². The number of benzene rings is 2. The number of carbonyl (C=O) groups excluding carboxylic acids is 1. The number of aryl methyl sites for hydroxylation is 1. The molecule has 2 rings (SSSR count). The third kappa shape index (κ3) is 4.60. The molecule has 0 aliphatic carbocycles. The highest BCUT2D eigenvalue weighted by atomic mass is 16.6. The smallest absolute Gasteiger partial charge is 0.272 e. The number of nitro benzene ring substituents is 1. The molecule has 0 aliphatic heterocycles. The summed E-state index contributed by atoms with van der Waals surface area (Å²) in [6, 6.07) is 9.32. The van der Waals surface area contributed by atoms with Crippen molar-refractivity contribution >= 4 is 17.3 Å². The maximum Gasteiger partial charge on any atom is 0.272 e. The van der Waals surface area contributed by atoms with Gasteiger partial charge in [-0.3, -0.25) is 14.9 Å². The minimum Gasteiger partial charge on any atom is -0.497 e. The highest BCUT2D eigenvalue weighted by molar-refractivity contribution is 5.93. The quantitative estimate of drug-likeness (QED) is 0.611. The van der Waals surface area contributed by atoms with Crippen LogP contribution in [0.4, 0.5) is 11.4 Å². The molecular weight excluding hydrogens is 328 g/mol. The van der Waals surface area contributed by atoms with Crippen LogP contribution >= 0.6 is 0 Å². The van der Waals surface area contributed by atoms with Gasteiger partial charge in [-0.15, -0.1) is 0 Å². The number of rotatable bonds is 7. The van der Waals surface area contributed by atoms with Crippen molar-refractivity contribution < 1.29 is 23.9 Å². The molecule has 2 aromatic carbocycles. The van der Waals surface area contributed by atoms with Crippen molar-refractivity contribution in [2.75, 3.05) is 26.1 Å². The number of hydrogen-bond donors (Lipinski definition) is 1. The zero-order chi connectivity index (χ0) is 18.4. The summed E-state index contributed by atoms with van der Waals surface area (Å²) in [6.45, 7) is 1.35. The minimum atomic E-state index is -0.471. The van der Waals surface area contributed by atoms with Crippen LogP contribution in [0.5, 0.6) is 17.2 Å². The van der Waals surface area contributed by atoms with Crippen molar-refractivity contribution in [2.24, 2.45) is 0 Å². The van der Waals surface area contributed by atoms with Crippen molar-refractivity contribution in [3.05, 3.63) is 52.1 Å². The second-order valence-electron chi connectivity index (χ2n) is 5.11.